The fraction of sp³-hybridized carbons (Fsp3) is 0.500. The second-order valence-corrected chi connectivity index (χ2v) is 5.96. The van der Waals surface area contributed by atoms with Gasteiger partial charge < -0.3 is 13.8 Å². The standard InChI is InChI=1S/C12H17NO4S/c14-18(15,17-12-4-2-1-3-5-12)11-8-13-6-9-16-10-7-13/h1-5H,6-11H2/p+1. The van der Waals surface area contributed by atoms with Gasteiger partial charge in [-0.05, 0) is 12.1 Å². The number of quaternary nitrogens is 1. The molecule has 6 heteroatoms. The minimum absolute atomic E-state index is 0.0389. The molecule has 0 aromatic heterocycles. The van der Waals surface area contributed by atoms with Gasteiger partial charge in [0, 0.05) is 0 Å². The van der Waals surface area contributed by atoms with Crippen LogP contribution in [0.5, 0.6) is 5.75 Å². The van der Waals surface area contributed by atoms with Crippen molar-refractivity contribution in [3.8, 4) is 5.75 Å². The number of morpholine rings is 1. The van der Waals surface area contributed by atoms with E-state index in [4.69, 9.17) is 8.92 Å². The molecule has 0 unspecified atom stereocenters. The smallest absolute Gasteiger partial charge is 0.314 e. The molecule has 0 radical (unpaired) electrons. The molecule has 1 aliphatic rings. The first kappa shape index (κ1) is 13.3. The van der Waals surface area contributed by atoms with E-state index in [1.165, 1.54) is 4.90 Å². The Labute approximate surface area is 107 Å². The fourth-order valence-corrected chi connectivity index (χ4v) is 2.87. The fourth-order valence-electron chi connectivity index (χ4n) is 1.84. The van der Waals surface area contributed by atoms with Crippen LogP contribution in [0, 0.1) is 0 Å². The van der Waals surface area contributed by atoms with E-state index in [1.807, 2.05) is 6.07 Å². The minimum atomic E-state index is -3.50. The molecule has 5 nitrogen and oxygen atoms in total. The number of rotatable bonds is 5. The monoisotopic (exact) mass is 272 g/mol. The SMILES string of the molecule is O=S(=O)(CC[NH+]1CCOCC1)Oc1ccccc1. The lowest BCUT2D eigenvalue weighted by atomic mass is 10.3. The first-order chi connectivity index (χ1) is 8.66. The molecule has 0 spiro atoms. The minimum Gasteiger partial charge on any atom is -0.382 e. The van der Waals surface area contributed by atoms with Crippen molar-refractivity contribution in [2.24, 2.45) is 0 Å². The van der Waals surface area contributed by atoms with Crippen molar-refractivity contribution in [1.82, 2.24) is 0 Å². The van der Waals surface area contributed by atoms with Crippen molar-refractivity contribution >= 4 is 10.1 Å². The van der Waals surface area contributed by atoms with Gasteiger partial charge in [0.15, 0.2) is 0 Å². The molecular weight excluding hydrogens is 254 g/mol. The van der Waals surface area contributed by atoms with Crippen molar-refractivity contribution in [3.05, 3.63) is 30.3 Å². The van der Waals surface area contributed by atoms with Crippen LogP contribution < -0.4 is 9.08 Å². The van der Waals surface area contributed by atoms with E-state index in [0.29, 0.717) is 25.5 Å². The summed E-state index contributed by atoms with van der Waals surface area (Å²) in [4.78, 5) is 1.25. The lowest BCUT2D eigenvalue weighted by Crippen LogP contribution is -3.14. The summed E-state index contributed by atoms with van der Waals surface area (Å²) >= 11 is 0. The van der Waals surface area contributed by atoms with Crippen LogP contribution in [0.2, 0.25) is 0 Å². The molecule has 0 atom stereocenters. The van der Waals surface area contributed by atoms with Crippen LogP contribution in [0.4, 0.5) is 0 Å². The topological polar surface area (TPSA) is 57.0 Å². The maximum absolute atomic E-state index is 11.8. The molecule has 0 aliphatic carbocycles. The highest BCUT2D eigenvalue weighted by molar-refractivity contribution is 7.87. The zero-order valence-electron chi connectivity index (χ0n) is 10.2. The molecule has 1 aliphatic heterocycles. The quantitative estimate of drug-likeness (QED) is 0.721. The normalized spacial score (nSPS) is 17.6. The number of benzene rings is 1. The van der Waals surface area contributed by atoms with E-state index in [-0.39, 0.29) is 5.75 Å². The van der Waals surface area contributed by atoms with Crippen molar-refractivity contribution in [2.45, 2.75) is 0 Å². The van der Waals surface area contributed by atoms with Gasteiger partial charge in [-0.3, -0.25) is 0 Å². The molecule has 18 heavy (non-hydrogen) atoms. The number of para-hydroxylation sites is 1. The molecule has 1 fully saturated rings. The lowest BCUT2D eigenvalue weighted by Gasteiger charge is -2.23. The van der Waals surface area contributed by atoms with E-state index >= 15 is 0 Å². The Hall–Kier alpha value is -1.11. The van der Waals surface area contributed by atoms with Crippen LogP contribution in [-0.2, 0) is 14.9 Å². The third kappa shape index (κ3) is 4.29. The van der Waals surface area contributed by atoms with Crippen molar-refractivity contribution in [2.75, 3.05) is 38.6 Å². The van der Waals surface area contributed by atoms with E-state index in [2.05, 4.69) is 0 Å². The summed E-state index contributed by atoms with van der Waals surface area (Å²) in [5.41, 5.74) is 0. The second kappa shape index (κ2) is 6.17. The molecule has 1 heterocycles. The largest absolute Gasteiger partial charge is 0.382 e. The molecule has 1 aromatic carbocycles. The molecule has 1 saturated heterocycles. The van der Waals surface area contributed by atoms with Gasteiger partial charge in [0.05, 0.1) is 19.8 Å². The van der Waals surface area contributed by atoms with Gasteiger partial charge in [-0.1, -0.05) is 18.2 Å². The predicted molar refractivity (Wildman–Crippen MR) is 67.2 cm³/mol. The Kier molecular flexibility index (Phi) is 4.57. The second-order valence-electron chi connectivity index (χ2n) is 4.27. The molecular formula is C12H18NO4S+. The van der Waals surface area contributed by atoms with Gasteiger partial charge in [0.25, 0.3) is 0 Å². The maximum Gasteiger partial charge on any atom is 0.314 e. The zero-order chi connectivity index (χ0) is 12.8. The Bertz CT molecular complexity index is 454. The van der Waals surface area contributed by atoms with E-state index in [0.717, 1.165) is 13.1 Å². The van der Waals surface area contributed by atoms with Crippen LogP contribution in [-0.4, -0.2) is 47.0 Å². The highest BCUT2D eigenvalue weighted by Crippen LogP contribution is 2.11. The number of nitrogens with one attached hydrogen (secondary N) is 1. The molecule has 1 N–H and O–H groups in total. The number of hydrogen-bond donors (Lipinski definition) is 1. The van der Waals surface area contributed by atoms with Crippen molar-refractivity contribution < 1.29 is 22.2 Å². The first-order valence-electron chi connectivity index (χ1n) is 6.04. The van der Waals surface area contributed by atoms with Gasteiger partial charge in [-0.25, -0.2) is 0 Å². The number of hydrogen-bond acceptors (Lipinski definition) is 4. The molecule has 0 amide bonds. The first-order valence-corrected chi connectivity index (χ1v) is 7.62. The van der Waals surface area contributed by atoms with Crippen LogP contribution in [0.1, 0.15) is 0 Å². The van der Waals surface area contributed by atoms with Gasteiger partial charge >= 0.3 is 10.1 Å². The summed E-state index contributed by atoms with van der Waals surface area (Å²) in [6.45, 7) is 3.70. The van der Waals surface area contributed by atoms with Crippen LogP contribution in [0.25, 0.3) is 0 Å². The summed E-state index contributed by atoms with van der Waals surface area (Å²) in [6, 6.07) is 8.59. The average Bonchev–Trinajstić information content (AvgIpc) is 2.38. The van der Waals surface area contributed by atoms with E-state index in [1.54, 1.807) is 24.3 Å². The summed E-state index contributed by atoms with van der Waals surface area (Å²) in [7, 11) is -3.50. The molecule has 0 bridgehead atoms. The third-order valence-electron chi connectivity index (χ3n) is 2.87. The predicted octanol–water partition coefficient (Wildman–Crippen LogP) is -0.690. The summed E-state index contributed by atoms with van der Waals surface area (Å²) in [5, 5.41) is 0. The molecule has 2 rings (SSSR count). The number of ether oxygens (including phenoxy) is 1. The molecule has 100 valence electrons. The van der Waals surface area contributed by atoms with Crippen LogP contribution in [0.3, 0.4) is 0 Å². The maximum atomic E-state index is 11.8. The van der Waals surface area contributed by atoms with Crippen molar-refractivity contribution in [3.63, 3.8) is 0 Å². The van der Waals surface area contributed by atoms with Gasteiger partial charge in [-0.15, -0.1) is 0 Å². The highest BCUT2D eigenvalue weighted by Gasteiger charge is 2.19. The zero-order valence-corrected chi connectivity index (χ0v) is 11.0. The highest BCUT2D eigenvalue weighted by atomic mass is 32.2. The van der Waals surface area contributed by atoms with Gasteiger partial charge in [0.1, 0.15) is 24.6 Å². The van der Waals surface area contributed by atoms with Gasteiger partial charge in [0.2, 0.25) is 0 Å². The Morgan fingerprint density at radius 3 is 2.50 bits per heavy atom. The summed E-state index contributed by atoms with van der Waals surface area (Å²) in [5.74, 6) is 0.409. The summed E-state index contributed by atoms with van der Waals surface area (Å²) < 4.78 is 33.8. The molecule has 1 aromatic rings. The Morgan fingerprint density at radius 2 is 1.83 bits per heavy atom. The summed E-state index contributed by atoms with van der Waals surface area (Å²) in [6.07, 6.45) is 0. The van der Waals surface area contributed by atoms with Crippen LogP contribution >= 0.6 is 0 Å². The Balaban J connectivity index is 1.83. The third-order valence-corrected chi connectivity index (χ3v) is 4.02. The lowest BCUT2D eigenvalue weighted by molar-refractivity contribution is -0.905. The van der Waals surface area contributed by atoms with Crippen molar-refractivity contribution in [1.29, 1.82) is 0 Å². The van der Waals surface area contributed by atoms with Gasteiger partial charge in [-0.2, -0.15) is 8.42 Å². The van der Waals surface area contributed by atoms with E-state index in [9.17, 15) is 8.42 Å². The average molecular weight is 272 g/mol. The van der Waals surface area contributed by atoms with E-state index < -0.39 is 10.1 Å². The Morgan fingerprint density at radius 1 is 1.17 bits per heavy atom. The molecule has 0 saturated carbocycles. The van der Waals surface area contributed by atoms with Crippen LogP contribution in [0.15, 0.2) is 30.3 Å².